The van der Waals surface area contributed by atoms with Gasteiger partial charge in [0, 0.05) is 36.3 Å². The van der Waals surface area contributed by atoms with Crippen LogP contribution in [0.15, 0.2) is 108 Å². The minimum Gasteiger partial charge on any atom is -0.397 e. The van der Waals surface area contributed by atoms with E-state index in [1.54, 1.807) is 16.8 Å². The second-order valence-electron chi connectivity index (χ2n) is 11.9. The van der Waals surface area contributed by atoms with Crippen molar-refractivity contribution in [1.29, 1.82) is 0 Å². The molecule has 0 bridgehead atoms. The fraction of sp³-hybridized carbons (Fsp3) is 0.270. The average Bonchev–Trinajstić information content (AvgIpc) is 3.63. The van der Waals surface area contributed by atoms with E-state index in [1.807, 2.05) is 91.0 Å². The highest BCUT2D eigenvalue weighted by atomic mass is 32.2. The maximum atomic E-state index is 12.8. The zero-order valence-corrected chi connectivity index (χ0v) is 28.2. The number of carbonyl (C=O) groups excluding carboxylic acids is 2. The van der Waals surface area contributed by atoms with E-state index < -0.39 is 6.29 Å². The molecular weight excluding hydrogens is 655 g/mol. The number of aliphatic hydroxyl groups is 1. The Balaban J connectivity index is 1.07. The van der Waals surface area contributed by atoms with Gasteiger partial charge in [-0.05, 0) is 70.8 Å². The van der Waals surface area contributed by atoms with Crippen LogP contribution in [0.2, 0.25) is 0 Å². The maximum Gasteiger partial charge on any atom is 0.224 e. The molecule has 1 fully saturated rings. The van der Waals surface area contributed by atoms with Crippen molar-refractivity contribution in [2.24, 2.45) is 0 Å². The summed E-state index contributed by atoms with van der Waals surface area (Å²) in [7, 11) is 0. The van der Waals surface area contributed by atoms with E-state index in [9.17, 15) is 14.7 Å². The standard InChI is InChI=1S/C37H39N7O5S/c38-31-13-4-5-14-32(31)40-35(47)16-7-6-15-34(46)39-28-10-8-9-27(21-28)36-48-30(22-33(49-36)26-19-17-25(23-45)18-20-26)24-50-37-41-42-43-44(37)29-11-2-1-3-12-29/h1-5,8-14,17-21,30,33,36,45H,6-7,15-16,22-24,38H2,(H,39,46)(H,40,47)/t30-,33+,36+/m1/s1. The molecule has 1 saturated heterocycles. The Labute approximate surface area is 294 Å². The number of nitrogen functional groups attached to an aromatic ring is 1. The van der Waals surface area contributed by atoms with E-state index in [2.05, 4.69) is 26.2 Å². The molecule has 1 aliphatic heterocycles. The molecule has 5 N–H and O–H groups in total. The predicted octanol–water partition coefficient (Wildman–Crippen LogP) is 6.21. The van der Waals surface area contributed by atoms with E-state index in [4.69, 9.17) is 15.2 Å². The highest BCUT2D eigenvalue weighted by Gasteiger charge is 2.33. The van der Waals surface area contributed by atoms with Crippen LogP contribution in [-0.2, 0) is 25.7 Å². The summed E-state index contributed by atoms with van der Waals surface area (Å²) in [5.74, 6) is 0.288. The fourth-order valence-corrected chi connectivity index (χ4v) is 6.48. The first-order valence-corrected chi connectivity index (χ1v) is 17.4. The summed E-state index contributed by atoms with van der Waals surface area (Å²) in [4.78, 5) is 25.1. The minimum atomic E-state index is -0.698. The number of nitrogens with zero attached hydrogens (tertiary/aromatic N) is 4. The van der Waals surface area contributed by atoms with Crippen molar-refractivity contribution in [1.82, 2.24) is 20.2 Å². The third kappa shape index (κ3) is 9.33. The topological polar surface area (TPSA) is 167 Å². The molecule has 0 spiro atoms. The zero-order chi connectivity index (χ0) is 34.7. The van der Waals surface area contributed by atoms with E-state index in [0.29, 0.717) is 47.2 Å². The Morgan fingerprint density at radius 3 is 2.36 bits per heavy atom. The molecule has 2 amide bonds. The lowest BCUT2D eigenvalue weighted by Crippen LogP contribution is -2.31. The number of rotatable bonds is 14. The van der Waals surface area contributed by atoms with Gasteiger partial charge in [-0.3, -0.25) is 9.59 Å². The van der Waals surface area contributed by atoms with Crippen LogP contribution >= 0.6 is 11.8 Å². The molecule has 3 atom stereocenters. The number of nitrogens with one attached hydrogen (secondary N) is 2. The quantitative estimate of drug-likeness (QED) is 0.0597. The van der Waals surface area contributed by atoms with Gasteiger partial charge in [0.05, 0.1) is 35.9 Å². The van der Waals surface area contributed by atoms with Crippen LogP contribution in [0, 0.1) is 0 Å². The van der Waals surface area contributed by atoms with Crippen LogP contribution in [0.5, 0.6) is 0 Å². The average molecular weight is 694 g/mol. The smallest absolute Gasteiger partial charge is 0.224 e. The monoisotopic (exact) mass is 693 g/mol. The molecule has 12 nitrogen and oxygen atoms in total. The Bertz CT molecular complexity index is 1870. The lowest BCUT2D eigenvalue weighted by molar-refractivity contribution is -0.245. The Morgan fingerprint density at radius 2 is 1.60 bits per heavy atom. The lowest BCUT2D eigenvalue weighted by Gasteiger charge is -2.36. The SMILES string of the molecule is Nc1ccccc1NC(=O)CCCCC(=O)Nc1cccc([C@H]2O[C@@H](CSc3nnnn3-c3ccccc3)C[C@@H](c3ccc(CO)cc3)O2)c1. The number of carbonyl (C=O) groups is 2. The Hall–Kier alpha value is -5.08. The molecule has 2 heterocycles. The lowest BCUT2D eigenvalue weighted by atomic mass is 10.0. The van der Waals surface area contributed by atoms with Gasteiger partial charge in [-0.2, -0.15) is 4.68 Å². The summed E-state index contributed by atoms with van der Waals surface area (Å²) in [5.41, 5.74) is 11.0. The van der Waals surface area contributed by atoms with Crippen molar-refractivity contribution in [3.8, 4) is 5.69 Å². The van der Waals surface area contributed by atoms with Gasteiger partial charge in [0.25, 0.3) is 0 Å². The molecule has 4 aromatic carbocycles. The van der Waals surface area contributed by atoms with Gasteiger partial charge in [-0.15, -0.1) is 5.10 Å². The first-order chi connectivity index (χ1) is 24.4. The van der Waals surface area contributed by atoms with Gasteiger partial charge in [0.2, 0.25) is 17.0 Å². The summed E-state index contributed by atoms with van der Waals surface area (Å²) < 4.78 is 14.7. The number of amides is 2. The van der Waals surface area contributed by atoms with Crippen molar-refractivity contribution >= 4 is 40.6 Å². The number of para-hydroxylation sites is 3. The Morgan fingerprint density at radius 1 is 0.860 bits per heavy atom. The first-order valence-electron chi connectivity index (χ1n) is 16.5. The van der Waals surface area contributed by atoms with Crippen molar-refractivity contribution in [3.63, 3.8) is 0 Å². The van der Waals surface area contributed by atoms with Crippen LogP contribution in [0.25, 0.3) is 5.69 Å². The molecule has 0 saturated carbocycles. The molecule has 0 aliphatic carbocycles. The third-order valence-electron chi connectivity index (χ3n) is 8.19. The third-order valence-corrected chi connectivity index (χ3v) is 9.24. The molecule has 6 rings (SSSR count). The van der Waals surface area contributed by atoms with Gasteiger partial charge in [-0.25, -0.2) is 0 Å². The van der Waals surface area contributed by atoms with Gasteiger partial charge in [0.1, 0.15) is 0 Å². The molecule has 1 aliphatic rings. The summed E-state index contributed by atoms with van der Waals surface area (Å²) >= 11 is 1.50. The maximum absolute atomic E-state index is 12.8. The van der Waals surface area contributed by atoms with Crippen molar-refractivity contribution in [2.75, 3.05) is 22.1 Å². The molecular formula is C37H39N7O5S. The molecule has 13 heteroatoms. The highest BCUT2D eigenvalue weighted by Crippen LogP contribution is 2.40. The Kier molecular flexibility index (Phi) is 11.8. The number of tetrazole rings is 1. The molecule has 5 aromatic rings. The molecule has 50 heavy (non-hydrogen) atoms. The summed E-state index contributed by atoms with van der Waals surface area (Å²) in [5, 5.41) is 28.3. The number of aromatic nitrogens is 4. The number of hydrogen-bond acceptors (Lipinski definition) is 10. The van der Waals surface area contributed by atoms with Crippen LogP contribution < -0.4 is 16.4 Å². The summed E-state index contributed by atoms with van der Waals surface area (Å²) in [6, 6.07) is 32.0. The van der Waals surface area contributed by atoms with Crippen LogP contribution in [0.3, 0.4) is 0 Å². The molecule has 258 valence electrons. The zero-order valence-electron chi connectivity index (χ0n) is 27.4. The fourth-order valence-electron chi connectivity index (χ4n) is 5.57. The van der Waals surface area contributed by atoms with Gasteiger partial charge in [0.15, 0.2) is 6.29 Å². The number of anilines is 3. The minimum absolute atomic E-state index is 0.0371. The van der Waals surface area contributed by atoms with Gasteiger partial charge < -0.3 is 30.9 Å². The number of ether oxygens (including phenoxy) is 2. The second-order valence-corrected chi connectivity index (χ2v) is 12.9. The van der Waals surface area contributed by atoms with Crippen molar-refractivity contribution < 1.29 is 24.2 Å². The van der Waals surface area contributed by atoms with E-state index in [-0.39, 0.29) is 43.5 Å². The van der Waals surface area contributed by atoms with Crippen LogP contribution in [0.1, 0.15) is 61.2 Å². The van der Waals surface area contributed by atoms with E-state index in [1.165, 1.54) is 11.8 Å². The number of benzene rings is 4. The molecule has 0 radical (unpaired) electrons. The van der Waals surface area contributed by atoms with Crippen molar-refractivity contribution in [3.05, 3.63) is 120 Å². The summed E-state index contributed by atoms with van der Waals surface area (Å²) in [6.07, 6.45) is 1.10. The van der Waals surface area contributed by atoms with Crippen LogP contribution in [-0.4, -0.2) is 49.0 Å². The first kappa shape index (κ1) is 34.8. The number of thioether (sulfide) groups is 1. The molecule has 0 unspecified atom stereocenters. The van der Waals surface area contributed by atoms with Crippen LogP contribution in [0.4, 0.5) is 17.1 Å². The van der Waals surface area contributed by atoms with Crippen molar-refractivity contribution in [2.45, 2.75) is 62.4 Å². The number of hydrogen-bond donors (Lipinski definition) is 4. The normalized spacial score (nSPS) is 17.3. The predicted molar refractivity (Wildman–Crippen MR) is 191 cm³/mol. The highest BCUT2D eigenvalue weighted by molar-refractivity contribution is 7.99. The van der Waals surface area contributed by atoms with E-state index >= 15 is 0 Å². The number of nitrogens with two attached hydrogens (primary N) is 1. The van der Waals surface area contributed by atoms with Gasteiger partial charge in [-0.1, -0.05) is 78.5 Å². The summed E-state index contributed by atoms with van der Waals surface area (Å²) in [6.45, 7) is -0.0371. The van der Waals surface area contributed by atoms with E-state index in [0.717, 1.165) is 22.4 Å². The molecule has 1 aromatic heterocycles. The number of unbranched alkanes of at least 4 members (excludes halogenated alkanes) is 1. The second kappa shape index (κ2) is 17.0. The van der Waals surface area contributed by atoms with Gasteiger partial charge >= 0.3 is 0 Å². The number of aliphatic hydroxyl groups excluding tert-OH is 1. The largest absolute Gasteiger partial charge is 0.397 e.